The van der Waals surface area contributed by atoms with Gasteiger partial charge in [0, 0.05) is 19.0 Å². The average molecular weight is 212 g/mol. The van der Waals surface area contributed by atoms with Crippen LogP contribution in [0.4, 0.5) is 0 Å². The third-order valence-electron chi connectivity index (χ3n) is 2.91. The molecular weight excluding hydrogens is 188 g/mol. The van der Waals surface area contributed by atoms with Crippen LogP contribution in [0.15, 0.2) is 0 Å². The summed E-state index contributed by atoms with van der Waals surface area (Å²) < 4.78 is 0. The Kier molecular flexibility index (Phi) is 5.09. The monoisotopic (exact) mass is 212 g/mol. The van der Waals surface area contributed by atoms with E-state index in [-0.39, 0.29) is 0 Å². The van der Waals surface area contributed by atoms with Crippen molar-refractivity contribution >= 4 is 5.91 Å². The Balaban J connectivity index is 2.29. The highest BCUT2D eigenvalue weighted by atomic mass is 16.2. The zero-order valence-corrected chi connectivity index (χ0v) is 10.3. The summed E-state index contributed by atoms with van der Waals surface area (Å²) in [7, 11) is 1.93. The molecule has 0 bridgehead atoms. The van der Waals surface area contributed by atoms with Gasteiger partial charge in [0.15, 0.2) is 0 Å². The second-order valence-corrected chi connectivity index (χ2v) is 4.79. The first-order chi connectivity index (χ1) is 7.15. The van der Waals surface area contributed by atoms with Crippen LogP contribution in [0.25, 0.3) is 0 Å². The average Bonchev–Trinajstić information content (AvgIpc) is 2.97. The molecule has 1 amide bonds. The molecule has 0 aromatic heterocycles. The van der Waals surface area contributed by atoms with Crippen LogP contribution in [0.5, 0.6) is 0 Å². The highest BCUT2D eigenvalue weighted by Gasteiger charge is 2.27. The quantitative estimate of drug-likeness (QED) is 0.651. The summed E-state index contributed by atoms with van der Waals surface area (Å²) in [6.45, 7) is 6.13. The highest BCUT2D eigenvalue weighted by Crippen LogP contribution is 2.30. The predicted molar refractivity (Wildman–Crippen MR) is 62.7 cm³/mol. The minimum atomic E-state index is 0.326. The Labute approximate surface area is 93.2 Å². The smallest absolute Gasteiger partial charge is 0.222 e. The van der Waals surface area contributed by atoms with Gasteiger partial charge in [0.25, 0.3) is 0 Å². The molecule has 0 aromatic rings. The Morgan fingerprint density at radius 3 is 2.60 bits per heavy atom. The molecule has 88 valence electrons. The molecule has 3 nitrogen and oxygen atoms in total. The lowest BCUT2D eigenvalue weighted by atomic mass is 10.2. The van der Waals surface area contributed by atoms with Gasteiger partial charge in [0.1, 0.15) is 0 Å². The van der Waals surface area contributed by atoms with Crippen LogP contribution in [-0.2, 0) is 4.79 Å². The summed E-state index contributed by atoms with van der Waals surface area (Å²) >= 11 is 0. The van der Waals surface area contributed by atoms with E-state index in [1.165, 1.54) is 12.8 Å². The molecule has 0 saturated heterocycles. The fourth-order valence-corrected chi connectivity index (χ4v) is 1.74. The number of hydrogen-bond acceptors (Lipinski definition) is 2. The molecule has 0 aliphatic heterocycles. The SMILES string of the molecule is CNCCCC(=O)N(CC1CC1)C(C)C. The summed E-state index contributed by atoms with van der Waals surface area (Å²) in [5, 5.41) is 3.07. The molecule has 1 aliphatic carbocycles. The minimum absolute atomic E-state index is 0.326. The van der Waals surface area contributed by atoms with E-state index in [9.17, 15) is 4.79 Å². The van der Waals surface area contributed by atoms with Gasteiger partial charge >= 0.3 is 0 Å². The maximum Gasteiger partial charge on any atom is 0.222 e. The molecule has 1 rings (SSSR count). The number of carbonyl (C=O) groups excluding carboxylic acids is 1. The minimum Gasteiger partial charge on any atom is -0.340 e. The van der Waals surface area contributed by atoms with Crippen LogP contribution >= 0.6 is 0 Å². The van der Waals surface area contributed by atoms with Crippen molar-refractivity contribution in [2.45, 2.75) is 45.6 Å². The van der Waals surface area contributed by atoms with Gasteiger partial charge in [-0.25, -0.2) is 0 Å². The molecule has 0 radical (unpaired) electrons. The lowest BCUT2D eigenvalue weighted by Crippen LogP contribution is -2.38. The van der Waals surface area contributed by atoms with Gasteiger partial charge in [0.05, 0.1) is 0 Å². The van der Waals surface area contributed by atoms with Gasteiger partial charge in [-0.15, -0.1) is 0 Å². The van der Waals surface area contributed by atoms with Crippen molar-refractivity contribution in [3.05, 3.63) is 0 Å². The van der Waals surface area contributed by atoms with Crippen molar-refractivity contribution in [1.29, 1.82) is 0 Å². The first kappa shape index (κ1) is 12.5. The predicted octanol–water partition coefficient (Wildman–Crippen LogP) is 1.63. The third kappa shape index (κ3) is 4.65. The molecule has 0 spiro atoms. The topological polar surface area (TPSA) is 32.3 Å². The van der Waals surface area contributed by atoms with Crippen molar-refractivity contribution in [3.8, 4) is 0 Å². The molecule has 0 atom stereocenters. The van der Waals surface area contributed by atoms with E-state index in [2.05, 4.69) is 19.2 Å². The maximum absolute atomic E-state index is 11.9. The summed E-state index contributed by atoms with van der Waals surface area (Å²) in [4.78, 5) is 14.0. The van der Waals surface area contributed by atoms with Crippen LogP contribution in [0.2, 0.25) is 0 Å². The summed E-state index contributed by atoms with van der Waals surface area (Å²) in [6.07, 6.45) is 4.26. The zero-order chi connectivity index (χ0) is 11.3. The first-order valence-corrected chi connectivity index (χ1v) is 6.09. The van der Waals surface area contributed by atoms with Crippen LogP contribution < -0.4 is 5.32 Å². The molecule has 1 aliphatic rings. The van der Waals surface area contributed by atoms with E-state index in [1.54, 1.807) is 0 Å². The zero-order valence-electron chi connectivity index (χ0n) is 10.3. The van der Waals surface area contributed by atoms with Gasteiger partial charge in [-0.2, -0.15) is 0 Å². The largest absolute Gasteiger partial charge is 0.340 e. The second kappa shape index (κ2) is 6.11. The normalized spacial score (nSPS) is 15.7. The Morgan fingerprint density at radius 2 is 2.13 bits per heavy atom. The number of nitrogens with one attached hydrogen (secondary N) is 1. The van der Waals surface area contributed by atoms with Crippen molar-refractivity contribution in [2.24, 2.45) is 5.92 Å². The summed E-state index contributed by atoms with van der Waals surface area (Å²) in [5.41, 5.74) is 0. The third-order valence-corrected chi connectivity index (χ3v) is 2.91. The molecule has 3 heteroatoms. The molecular formula is C12H24N2O. The fourth-order valence-electron chi connectivity index (χ4n) is 1.74. The summed E-state index contributed by atoms with van der Waals surface area (Å²) in [6, 6.07) is 0.354. The van der Waals surface area contributed by atoms with Gasteiger partial charge in [-0.05, 0) is 52.6 Å². The lowest BCUT2D eigenvalue weighted by molar-refractivity contribution is -0.133. The van der Waals surface area contributed by atoms with Crippen LogP contribution in [0, 0.1) is 5.92 Å². The van der Waals surface area contributed by atoms with E-state index in [0.29, 0.717) is 18.4 Å². The van der Waals surface area contributed by atoms with Gasteiger partial charge in [-0.1, -0.05) is 0 Å². The highest BCUT2D eigenvalue weighted by molar-refractivity contribution is 5.76. The maximum atomic E-state index is 11.9. The van der Waals surface area contributed by atoms with E-state index in [0.717, 1.165) is 25.4 Å². The standard InChI is InChI=1S/C12H24N2O/c1-10(2)14(9-11-6-7-11)12(15)5-4-8-13-3/h10-11,13H,4-9H2,1-3H3. The summed E-state index contributed by atoms with van der Waals surface area (Å²) in [5.74, 6) is 1.12. The molecule has 0 unspecified atom stereocenters. The van der Waals surface area contributed by atoms with Crippen LogP contribution in [0.3, 0.4) is 0 Å². The Bertz CT molecular complexity index is 200. The van der Waals surface area contributed by atoms with Crippen molar-refractivity contribution in [1.82, 2.24) is 10.2 Å². The van der Waals surface area contributed by atoms with Crippen molar-refractivity contribution in [3.63, 3.8) is 0 Å². The van der Waals surface area contributed by atoms with E-state index < -0.39 is 0 Å². The van der Waals surface area contributed by atoms with Gasteiger partial charge in [-0.3, -0.25) is 4.79 Å². The Hall–Kier alpha value is -0.570. The number of rotatable bonds is 7. The molecule has 0 heterocycles. The molecule has 15 heavy (non-hydrogen) atoms. The van der Waals surface area contributed by atoms with Crippen molar-refractivity contribution < 1.29 is 4.79 Å². The first-order valence-electron chi connectivity index (χ1n) is 6.09. The molecule has 1 fully saturated rings. The number of amides is 1. The van der Waals surface area contributed by atoms with Gasteiger partial charge < -0.3 is 10.2 Å². The lowest BCUT2D eigenvalue weighted by Gasteiger charge is -2.26. The van der Waals surface area contributed by atoms with E-state index >= 15 is 0 Å². The van der Waals surface area contributed by atoms with Gasteiger partial charge in [0.2, 0.25) is 5.91 Å². The fraction of sp³-hybridized carbons (Fsp3) is 0.917. The Morgan fingerprint density at radius 1 is 1.47 bits per heavy atom. The number of carbonyl (C=O) groups is 1. The second-order valence-electron chi connectivity index (χ2n) is 4.79. The van der Waals surface area contributed by atoms with Crippen molar-refractivity contribution in [2.75, 3.05) is 20.1 Å². The molecule has 1 saturated carbocycles. The number of hydrogen-bond donors (Lipinski definition) is 1. The number of nitrogens with zero attached hydrogens (tertiary/aromatic N) is 1. The molecule has 0 aromatic carbocycles. The van der Waals surface area contributed by atoms with E-state index in [1.807, 2.05) is 11.9 Å². The van der Waals surface area contributed by atoms with Crippen LogP contribution in [-0.4, -0.2) is 37.0 Å². The van der Waals surface area contributed by atoms with E-state index in [4.69, 9.17) is 0 Å². The van der Waals surface area contributed by atoms with Crippen LogP contribution in [0.1, 0.15) is 39.5 Å². The molecule has 1 N–H and O–H groups in total.